The first-order chi connectivity index (χ1) is 9.39. The number of aldehydes is 1. The Labute approximate surface area is 113 Å². The van der Waals surface area contributed by atoms with Crippen LogP contribution in [0.3, 0.4) is 0 Å². The second-order valence-corrected chi connectivity index (χ2v) is 4.17. The van der Waals surface area contributed by atoms with Crippen molar-refractivity contribution in [2.75, 3.05) is 0 Å². The standard InChI is InChI=1S/C14H10F3NO2/c1-9-4-11(7-18-6-9)13-5-12(20-14(15,16)17)3-2-10(13)8-19/h2-8H,1H3. The van der Waals surface area contributed by atoms with Crippen LogP contribution >= 0.6 is 0 Å². The monoisotopic (exact) mass is 281 g/mol. The van der Waals surface area contributed by atoms with Crippen LogP contribution in [0.1, 0.15) is 15.9 Å². The van der Waals surface area contributed by atoms with Crippen LogP contribution in [0.15, 0.2) is 36.7 Å². The van der Waals surface area contributed by atoms with Gasteiger partial charge < -0.3 is 4.74 Å². The molecule has 3 nitrogen and oxygen atoms in total. The molecule has 0 radical (unpaired) electrons. The second-order valence-electron chi connectivity index (χ2n) is 4.17. The highest BCUT2D eigenvalue weighted by atomic mass is 19.4. The number of aryl methyl sites for hydroxylation is 1. The molecule has 20 heavy (non-hydrogen) atoms. The van der Waals surface area contributed by atoms with Crippen molar-refractivity contribution in [2.45, 2.75) is 13.3 Å². The van der Waals surface area contributed by atoms with Crippen LogP contribution in [0.4, 0.5) is 13.2 Å². The maximum Gasteiger partial charge on any atom is 0.573 e. The Morgan fingerprint density at radius 2 is 1.95 bits per heavy atom. The Morgan fingerprint density at radius 3 is 2.55 bits per heavy atom. The first-order valence-electron chi connectivity index (χ1n) is 5.66. The van der Waals surface area contributed by atoms with E-state index in [-0.39, 0.29) is 11.3 Å². The maximum absolute atomic E-state index is 12.2. The first-order valence-corrected chi connectivity index (χ1v) is 5.66. The maximum atomic E-state index is 12.2. The van der Waals surface area contributed by atoms with E-state index in [4.69, 9.17) is 0 Å². The van der Waals surface area contributed by atoms with Crippen LogP contribution in [-0.2, 0) is 0 Å². The van der Waals surface area contributed by atoms with Crippen LogP contribution in [0.25, 0.3) is 11.1 Å². The van der Waals surface area contributed by atoms with E-state index in [0.717, 1.165) is 11.6 Å². The van der Waals surface area contributed by atoms with Crippen molar-refractivity contribution in [1.29, 1.82) is 0 Å². The van der Waals surface area contributed by atoms with Crippen LogP contribution in [0, 0.1) is 6.92 Å². The number of rotatable bonds is 3. The summed E-state index contributed by atoms with van der Waals surface area (Å²) in [4.78, 5) is 15.0. The molecule has 6 heteroatoms. The van der Waals surface area contributed by atoms with Crippen molar-refractivity contribution in [1.82, 2.24) is 4.98 Å². The molecule has 0 fully saturated rings. The van der Waals surface area contributed by atoms with Crippen molar-refractivity contribution in [3.8, 4) is 16.9 Å². The predicted molar refractivity (Wildman–Crippen MR) is 66.5 cm³/mol. The summed E-state index contributed by atoms with van der Waals surface area (Å²) in [7, 11) is 0. The number of nitrogens with zero attached hydrogens (tertiary/aromatic N) is 1. The number of aromatic nitrogens is 1. The Hall–Kier alpha value is -2.37. The molecular formula is C14H10F3NO2. The van der Waals surface area contributed by atoms with Gasteiger partial charge in [-0.2, -0.15) is 0 Å². The summed E-state index contributed by atoms with van der Waals surface area (Å²) in [6.45, 7) is 1.80. The molecule has 0 N–H and O–H groups in total. The fourth-order valence-corrected chi connectivity index (χ4v) is 1.79. The number of alkyl halides is 3. The normalized spacial score (nSPS) is 11.2. The SMILES string of the molecule is Cc1cncc(-c2cc(OC(F)(F)F)ccc2C=O)c1. The Bertz CT molecular complexity index is 639. The summed E-state index contributed by atoms with van der Waals surface area (Å²) >= 11 is 0. The van der Waals surface area contributed by atoms with Gasteiger partial charge in [0.05, 0.1) is 0 Å². The molecule has 0 unspecified atom stereocenters. The van der Waals surface area contributed by atoms with E-state index in [0.29, 0.717) is 17.4 Å². The third-order valence-corrected chi connectivity index (χ3v) is 2.57. The number of hydrogen-bond acceptors (Lipinski definition) is 3. The average molecular weight is 281 g/mol. The van der Waals surface area contributed by atoms with Crippen molar-refractivity contribution in [3.63, 3.8) is 0 Å². The van der Waals surface area contributed by atoms with Gasteiger partial charge in [-0.05, 0) is 42.3 Å². The van der Waals surface area contributed by atoms with E-state index in [9.17, 15) is 18.0 Å². The van der Waals surface area contributed by atoms with Gasteiger partial charge in [0.2, 0.25) is 0 Å². The average Bonchev–Trinajstić information content (AvgIpc) is 2.37. The van der Waals surface area contributed by atoms with Crippen molar-refractivity contribution >= 4 is 6.29 Å². The minimum atomic E-state index is -4.77. The number of carbonyl (C=O) groups is 1. The number of halogens is 3. The molecule has 104 valence electrons. The van der Waals surface area contributed by atoms with E-state index in [1.54, 1.807) is 19.2 Å². The van der Waals surface area contributed by atoms with Gasteiger partial charge in [-0.1, -0.05) is 0 Å². The van der Waals surface area contributed by atoms with Gasteiger partial charge in [-0.3, -0.25) is 9.78 Å². The quantitative estimate of drug-likeness (QED) is 0.804. The largest absolute Gasteiger partial charge is 0.573 e. The number of ether oxygens (including phenoxy) is 1. The van der Waals surface area contributed by atoms with Crippen molar-refractivity contribution < 1.29 is 22.7 Å². The topological polar surface area (TPSA) is 39.2 Å². The van der Waals surface area contributed by atoms with E-state index >= 15 is 0 Å². The van der Waals surface area contributed by atoms with Gasteiger partial charge in [0.1, 0.15) is 5.75 Å². The third kappa shape index (κ3) is 3.34. The summed E-state index contributed by atoms with van der Waals surface area (Å²) in [6.07, 6.45) is -1.10. The Kier molecular flexibility index (Phi) is 3.74. The molecule has 1 aromatic heterocycles. The van der Waals surface area contributed by atoms with Gasteiger partial charge in [-0.15, -0.1) is 13.2 Å². The zero-order chi connectivity index (χ0) is 14.8. The van der Waals surface area contributed by atoms with E-state index in [1.165, 1.54) is 18.3 Å². The van der Waals surface area contributed by atoms with Crippen LogP contribution < -0.4 is 4.74 Å². The van der Waals surface area contributed by atoms with Crippen LogP contribution in [0.5, 0.6) is 5.75 Å². The molecule has 2 rings (SSSR count). The molecule has 0 saturated heterocycles. The fourth-order valence-electron chi connectivity index (χ4n) is 1.79. The molecule has 0 bridgehead atoms. The molecule has 0 amide bonds. The van der Waals surface area contributed by atoms with Gasteiger partial charge in [-0.25, -0.2) is 0 Å². The molecule has 0 saturated carbocycles. The highest BCUT2D eigenvalue weighted by Gasteiger charge is 2.31. The molecule has 0 atom stereocenters. The molecule has 0 aliphatic carbocycles. The lowest BCUT2D eigenvalue weighted by Gasteiger charge is -2.12. The fraction of sp³-hybridized carbons (Fsp3) is 0.143. The highest BCUT2D eigenvalue weighted by molar-refractivity contribution is 5.88. The van der Waals surface area contributed by atoms with Gasteiger partial charge in [0, 0.05) is 23.5 Å². The summed E-state index contributed by atoms with van der Waals surface area (Å²) in [5.74, 6) is -0.375. The molecule has 0 aliphatic heterocycles. The predicted octanol–water partition coefficient (Wildman–Crippen LogP) is 3.77. The molecule has 1 aromatic carbocycles. The summed E-state index contributed by atoms with van der Waals surface area (Å²) < 4.78 is 40.5. The second kappa shape index (κ2) is 5.32. The zero-order valence-electron chi connectivity index (χ0n) is 10.4. The molecule has 2 aromatic rings. The highest BCUT2D eigenvalue weighted by Crippen LogP contribution is 2.30. The third-order valence-electron chi connectivity index (χ3n) is 2.57. The summed E-state index contributed by atoms with van der Waals surface area (Å²) in [6, 6.07) is 5.29. The Morgan fingerprint density at radius 1 is 1.20 bits per heavy atom. The molecule has 0 aliphatic rings. The van der Waals surface area contributed by atoms with E-state index in [2.05, 4.69) is 9.72 Å². The minimum absolute atomic E-state index is 0.270. The summed E-state index contributed by atoms with van der Waals surface area (Å²) in [5.41, 5.74) is 2.01. The van der Waals surface area contributed by atoms with Crippen LogP contribution in [-0.4, -0.2) is 17.6 Å². The smallest absolute Gasteiger partial charge is 0.406 e. The Balaban J connectivity index is 2.49. The minimum Gasteiger partial charge on any atom is -0.406 e. The van der Waals surface area contributed by atoms with Gasteiger partial charge in [0.25, 0.3) is 0 Å². The van der Waals surface area contributed by atoms with Gasteiger partial charge >= 0.3 is 6.36 Å². The van der Waals surface area contributed by atoms with E-state index in [1.807, 2.05) is 0 Å². The zero-order valence-corrected chi connectivity index (χ0v) is 10.4. The van der Waals surface area contributed by atoms with Crippen molar-refractivity contribution in [3.05, 3.63) is 47.8 Å². The molecular weight excluding hydrogens is 271 g/mol. The lowest BCUT2D eigenvalue weighted by atomic mass is 10.0. The number of carbonyl (C=O) groups excluding carboxylic acids is 1. The lowest BCUT2D eigenvalue weighted by molar-refractivity contribution is -0.274. The number of pyridine rings is 1. The number of benzene rings is 1. The lowest BCUT2D eigenvalue weighted by Crippen LogP contribution is -2.17. The molecule has 0 spiro atoms. The molecule has 1 heterocycles. The van der Waals surface area contributed by atoms with Crippen LogP contribution in [0.2, 0.25) is 0 Å². The van der Waals surface area contributed by atoms with E-state index < -0.39 is 6.36 Å². The van der Waals surface area contributed by atoms with Crippen molar-refractivity contribution in [2.24, 2.45) is 0 Å². The van der Waals surface area contributed by atoms with Gasteiger partial charge in [0.15, 0.2) is 6.29 Å². The summed E-state index contributed by atoms with van der Waals surface area (Å²) in [5, 5.41) is 0. The number of hydrogen-bond donors (Lipinski definition) is 0. The first kappa shape index (κ1) is 14.0.